The van der Waals surface area contributed by atoms with Crippen LogP contribution >= 0.6 is 23.2 Å². The number of carbonyl (C=O) groups excluding carboxylic acids is 2. The van der Waals surface area contributed by atoms with Crippen LogP contribution in [0.5, 0.6) is 23.0 Å². The van der Waals surface area contributed by atoms with Crippen molar-refractivity contribution in [3.8, 4) is 23.0 Å². The number of nitrogens with zero attached hydrogens (tertiary/aromatic N) is 2. The van der Waals surface area contributed by atoms with Gasteiger partial charge in [0.2, 0.25) is 11.8 Å². The maximum atomic E-state index is 14.4. The number of benzene rings is 3. The van der Waals surface area contributed by atoms with E-state index in [1.807, 2.05) is 13.8 Å². The minimum Gasteiger partial charge on any atom is -0.497 e. The second-order valence-corrected chi connectivity index (χ2v) is 13.3. The molecule has 3 rings (SSSR count). The number of rotatable bonds is 15. The van der Waals surface area contributed by atoms with Crippen molar-refractivity contribution in [2.75, 3.05) is 45.8 Å². The van der Waals surface area contributed by atoms with Gasteiger partial charge in [-0.25, -0.2) is 8.42 Å². The lowest BCUT2D eigenvalue weighted by atomic mass is 10.1. The van der Waals surface area contributed by atoms with Gasteiger partial charge in [0.25, 0.3) is 10.0 Å². The van der Waals surface area contributed by atoms with Crippen molar-refractivity contribution in [1.29, 1.82) is 0 Å². The molecular formula is C32H39Cl2N3O8S. The SMILES string of the molecule is COc1ccc(OC)c(N(CC(=O)N(Cc2c(Cl)cccc2Cl)[C@H](C)C(=O)NCC(C)C)S(=O)(=O)c2ccc(OC)c(OC)c2)c1. The molecule has 0 radical (unpaired) electrons. The van der Waals surface area contributed by atoms with Gasteiger partial charge in [0.05, 0.1) is 39.0 Å². The van der Waals surface area contributed by atoms with Crippen LogP contribution in [0, 0.1) is 5.92 Å². The molecule has 250 valence electrons. The molecule has 1 atom stereocenters. The quantitative estimate of drug-likeness (QED) is 0.224. The Labute approximate surface area is 280 Å². The van der Waals surface area contributed by atoms with Gasteiger partial charge in [-0.1, -0.05) is 43.1 Å². The molecule has 0 saturated heterocycles. The van der Waals surface area contributed by atoms with E-state index in [-0.39, 0.29) is 44.6 Å². The summed E-state index contributed by atoms with van der Waals surface area (Å²) in [5, 5.41) is 3.40. The molecule has 0 spiro atoms. The second-order valence-electron chi connectivity index (χ2n) is 10.6. The molecule has 0 saturated carbocycles. The Kier molecular flexibility index (Phi) is 12.8. The number of nitrogens with one attached hydrogen (secondary N) is 1. The Bertz CT molecular complexity index is 1630. The van der Waals surface area contributed by atoms with Gasteiger partial charge in [0, 0.05) is 40.8 Å². The number of hydrogen-bond acceptors (Lipinski definition) is 8. The summed E-state index contributed by atoms with van der Waals surface area (Å²) in [6, 6.07) is 12.5. The maximum Gasteiger partial charge on any atom is 0.265 e. The zero-order chi connectivity index (χ0) is 34.2. The second kappa shape index (κ2) is 16.1. The summed E-state index contributed by atoms with van der Waals surface area (Å²) in [6.45, 7) is 4.90. The highest BCUT2D eigenvalue weighted by molar-refractivity contribution is 7.92. The minimum atomic E-state index is -4.49. The number of ether oxygens (including phenoxy) is 4. The first-order chi connectivity index (χ1) is 21.8. The number of anilines is 1. The number of hydrogen-bond donors (Lipinski definition) is 1. The summed E-state index contributed by atoms with van der Waals surface area (Å²) in [4.78, 5) is 28.7. The Balaban J connectivity index is 2.19. The molecule has 0 aliphatic carbocycles. The van der Waals surface area contributed by atoms with Gasteiger partial charge in [-0.2, -0.15) is 0 Å². The predicted molar refractivity (Wildman–Crippen MR) is 178 cm³/mol. The van der Waals surface area contributed by atoms with Gasteiger partial charge in [-0.15, -0.1) is 0 Å². The fourth-order valence-corrected chi connectivity index (χ4v) is 6.45. The lowest BCUT2D eigenvalue weighted by molar-refractivity contribution is -0.139. The Morgan fingerprint density at radius 2 is 1.43 bits per heavy atom. The fourth-order valence-electron chi connectivity index (χ4n) is 4.50. The van der Waals surface area contributed by atoms with E-state index in [1.54, 1.807) is 31.2 Å². The molecule has 0 aromatic heterocycles. The first kappa shape index (κ1) is 36.6. The van der Waals surface area contributed by atoms with Crippen molar-refractivity contribution in [3.05, 3.63) is 70.2 Å². The number of methoxy groups -OCH3 is 4. The number of sulfonamides is 1. The first-order valence-electron chi connectivity index (χ1n) is 14.3. The third-order valence-corrected chi connectivity index (χ3v) is 9.58. The molecule has 0 unspecified atom stereocenters. The molecule has 0 aliphatic rings. The zero-order valence-electron chi connectivity index (χ0n) is 26.8. The molecule has 0 aliphatic heterocycles. The van der Waals surface area contributed by atoms with E-state index in [1.165, 1.54) is 63.7 Å². The summed E-state index contributed by atoms with van der Waals surface area (Å²) in [7, 11) is 1.12. The normalized spacial score (nSPS) is 11.9. The lowest BCUT2D eigenvalue weighted by Gasteiger charge is -2.33. The summed E-state index contributed by atoms with van der Waals surface area (Å²) >= 11 is 12.9. The smallest absolute Gasteiger partial charge is 0.265 e. The van der Waals surface area contributed by atoms with E-state index in [0.717, 1.165) is 4.31 Å². The molecule has 2 amide bonds. The number of halogens is 2. The Hall–Kier alpha value is -3.87. The molecule has 0 bridgehead atoms. The van der Waals surface area contributed by atoms with Gasteiger partial charge < -0.3 is 29.2 Å². The van der Waals surface area contributed by atoms with Crippen LogP contribution in [0.2, 0.25) is 10.0 Å². The highest BCUT2D eigenvalue weighted by Crippen LogP contribution is 2.38. The van der Waals surface area contributed by atoms with E-state index in [0.29, 0.717) is 23.6 Å². The van der Waals surface area contributed by atoms with Crippen LogP contribution < -0.4 is 28.6 Å². The van der Waals surface area contributed by atoms with Crippen LogP contribution in [-0.2, 0) is 26.2 Å². The Morgan fingerprint density at radius 1 is 0.826 bits per heavy atom. The number of carbonyl (C=O) groups is 2. The average Bonchev–Trinajstić information content (AvgIpc) is 3.04. The van der Waals surface area contributed by atoms with Crippen LogP contribution in [0.25, 0.3) is 0 Å². The van der Waals surface area contributed by atoms with E-state index < -0.39 is 34.4 Å². The first-order valence-corrected chi connectivity index (χ1v) is 16.4. The maximum absolute atomic E-state index is 14.4. The van der Waals surface area contributed by atoms with Crippen LogP contribution in [0.1, 0.15) is 26.3 Å². The highest BCUT2D eigenvalue weighted by atomic mass is 35.5. The molecule has 3 aromatic carbocycles. The van der Waals surface area contributed by atoms with Crippen LogP contribution in [0.15, 0.2) is 59.5 Å². The molecule has 0 fully saturated rings. The van der Waals surface area contributed by atoms with Crippen LogP contribution in [-0.4, -0.2) is 72.7 Å². The molecule has 0 heterocycles. The van der Waals surface area contributed by atoms with Gasteiger partial charge in [-0.3, -0.25) is 13.9 Å². The summed E-state index contributed by atoms with van der Waals surface area (Å²) in [5.41, 5.74) is 0.425. The zero-order valence-corrected chi connectivity index (χ0v) is 29.1. The molecule has 3 aromatic rings. The minimum absolute atomic E-state index is 0.0256. The van der Waals surface area contributed by atoms with E-state index >= 15 is 0 Å². The van der Waals surface area contributed by atoms with E-state index in [4.69, 9.17) is 42.1 Å². The van der Waals surface area contributed by atoms with Crippen molar-refractivity contribution in [3.63, 3.8) is 0 Å². The monoisotopic (exact) mass is 695 g/mol. The average molecular weight is 697 g/mol. The van der Waals surface area contributed by atoms with Gasteiger partial charge in [-0.05, 0) is 49.2 Å². The number of amides is 2. The van der Waals surface area contributed by atoms with Gasteiger partial charge in [0.15, 0.2) is 11.5 Å². The molecule has 1 N–H and O–H groups in total. The third kappa shape index (κ3) is 8.48. The topological polar surface area (TPSA) is 124 Å². The molecule has 46 heavy (non-hydrogen) atoms. The summed E-state index contributed by atoms with van der Waals surface area (Å²) < 4.78 is 51.2. The Morgan fingerprint density at radius 3 is 2.00 bits per heavy atom. The van der Waals surface area contributed by atoms with E-state index in [2.05, 4.69) is 5.32 Å². The third-order valence-electron chi connectivity index (χ3n) is 7.12. The van der Waals surface area contributed by atoms with Crippen molar-refractivity contribution in [2.45, 2.75) is 38.3 Å². The van der Waals surface area contributed by atoms with Gasteiger partial charge in [0.1, 0.15) is 24.1 Å². The van der Waals surface area contributed by atoms with Crippen LogP contribution in [0.4, 0.5) is 5.69 Å². The van der Waals surface area contributed by atoms with Crippen LogP contribution in [0.3, 0.4) is 0 Å². The summed E-state index contributed by atoms with van der Waals surface area (Å²) in [6.07, 6.45) is 0. The fraction of sp³-hybridized carbons (Fsp3) is 0.375. The van der Waals surface area contributed by atoms with Crippen molar-refractivity contribution in [2.24, 2.45) is 5.92 Å². The molecule has 11 nitrogen and oxygen atoms in total. The standard InChI is InChI=1S/C32H39Cl2N3O8S/c1-20(2)17-35-32(39)21(3)36(18-24-25(33)9-8-10-26(24)34)31(38)19-37(27-15-22(42-4)11-13-28(27)43-5)46(40,41)23-12-14-29(44-6)30(16-23)45-7/h8-16,20-21H,17-19H2,1-7H3,(H,35,39)/t21-/m1/s1. The largest absolute Gasteiger partial charge is 0.497 e. The van der Waals surface area contributed by atoms with E-state index in [9.17, 15) is 18.0 Å². The molecule has 14 heteroatoms. The van der Waals surface area contributed by atoms with Gasteiger partial charge >= 0.3 is 0 Å². The van der Waals surface area contributed by atoms with Crippen molar-refractivity contribution in [1.82, 2.24) is 10.2 Å². The highest BCUT2D eigenvalue weighted by Gasteiger charge is 2.35. The molecular weight excluding hydrogens is 657 g/mol. The van der Waals surface area contributed by atoms with Crippen molar-refractivity contribution >= 4 is 50.7 Å². The predicted octanol–water partition coefficient (Wildman–Crippen LogP) is 5.41. The van der Waals surface area contributed by atoms with Crippen molar-refractivity contribution < 1.29 is 37.0 Å². The lowest BCUT2D eigenvalue weighted by Crippen LogP contribution is -2.51. The summed E-state index contributed by atoms with van der Waals surface area (Å²) in [5.74, 6) is -0.0421.